The van der Waals surface area contributed by atoms with Crippen LogP contribution in [0, 0.1) is 0 Å². The summed E-state index contributed by atoms with van der Waals surface area (Å²) in [5.41, 5.74) is 8.67. The van der Waals surface area contributed by atoms with Crippen LogP contribution in [0.2, 0.25) is 0 Å². The fourth-order valence-electron chi connectivity index (χ4n) is 2.25. The molecular weight excluding hydrogens is 300 g/mol. The zero-order valence-corrected chi connectivity index (χ0v) is 13.7. The number of hydrogen-bond acceptors (Lipinski definition) is 5. The molecule has 0 saturated heterocycles. The number of aromatic nitrogens is 2. The molecule has 0 spiro atoms. The van der Waals surface area contributed by atoms with Crippen molar-refractivity contribution < 1.29 is 4.74 Å². The Bertz CT molecular complexity index is 801. The Morgan fingerprint density at radius 2 is 1.67 bits per heavy atom. The Morgan fingerprint density at radius 1 is 0.958 bits per heavy atom. The molecule has 5 heteroatoms. The molecule has 122 valence electrons. The lowest BCUT2D eigenvalue weighted by molar-refractivity contribution is 0.464. The maximum absolute atomic E-state index is 6.14. The van der Waals surface area contributed by atoms with Gasteiger partial charge in [-0.15, -0.1) is 0 Å². The highest BCUT2D eigenvalue weighted by Gasteiger charge is 2.11. The van der Waals surface area contributed by atoms with E-state index >= 15 is 0 Å². The number of nitrogen functional groups attached to an aromatic ring is 1. The number of ether oxygens (including phenoxy) is 1. The van der Waals surface area contributed by atoms with Gasteiger partial charge in [-0.2, -0.15) is 4.98 Å². The highest BCUT2D eigenvalue weighted by atomic mass is 16.5. The first-order valence-corrected chi connectivity index (χ1v) is 7.84. The summed E-state index contributed by atoms with van der Waals surface area (Å²) in [6, 6.07) is 17.6. The number of nitrogens with zero attached hydrogens (tertiary/aromatic N) is 2. The monoisotopic (exact) mass is 320 g/mol. The van der Waals surface area contributed by atoms with Crippen molar-refractivity contribution in [1.29, 1.82) is 0 Å². The van der Waals surface area contributed by atoms with Gasteiger partial charge in [0.2, 0.25) is 5.88 Å². The molecule has 1 heterocycles. The maximum atomic E-state index is 6.14. The summed E-state index contributed by atoms with van der Waals surface area (Å²) in [5, 5.41) is 3.17. The molecule has 0 aliphatic heterocycles. The molecule has 3 aromatic rings. The minimum absolute atomic E-state index is 0.334. The molecule has 0 aliphatic rings. The average molecular weight is 320 g/mol. The molecule has 0 saturated carbocycles. The van der Waals surface area contributed by atoms with Crippen molar-refractivity contribution in [3.63, 3.8) is 0 Å². The summed E-state index contributed by atoms with van der Waals surface area (Å²) in [5.74, 6) is 2.02. The van der Waals surface area contributed by atoms with E-state index in [9.17, 15) is 0 Å². The molecule has 0 amide bonds. The minimum atomic E-state index is 0.334. The van der Waals surface area contributed by atoms with E-state index in [4.69, 9.17) is 10.5 Å². The zero-order chi connectivity index (χ0) is 16.9. The fraction of sp³-hybridized carbons (Fsp3) is 0.158. The third kappa shape index (κ3) is 3.63. The van der Waals surface area contributed by atoms with Gasteiger partial charge in [0.1, 0.15) is 17.8 Å². The Labute approximate surface area is 141 Å². The van der Waals surface area contributed by atoms with Crippen LogP contribution in [0.5, 0.6) is 11.6 Å². The summed E-state index contributed by atoms with van der Waals surface area (Å²) in [4.78, 5) is 8.32. The summed E-state index contributed by atoms with van der Waals surface area (Å²) in [6.45, 7) is 4.31. The highest BCUT2D eigenvalue weighted by molar-refractivity contribution is 5.72. The minimum Gasteiger partial charge on any atom is -0.437 e. The number of anilines is 3. The Balaban J connectivity index is 1.80. The number of nitrogens with two attached hydrogens (primary N) is 1. The predicted octanol–water partition coefficient (Wildman–Crippen LogP) is 4.72. The largest absolute Gasteiger partial charge is 0.437 e. The summed E-state index contributed by atoms with van der Waals surface area (Å²) in [7, 11) is 0. The van der Waals surface area contributed by atoms with Gasteiger partial charge in [0.05, 0.1) is 0 Å². The third-order valence-electron chi connectivity index (χ3n) is 3.65. The van der Waals surface area contributed by atoms with E-state index in [1.807, 2.05) is 54.6 Å². The van der Waals surface area contributed by atoms with Crippen LogP contribution in [-0.4, -0.2) is 9.97 Å². The van der Waals surface area contributed by atoms with E-state index < -0.39 is 0 Å². The topological polar surface area (TPSA) is 73.1 Å². The molecule has 1 aromatic heterocycles. The molecule has 5 nitrogen and oxygen atoms in total. The second-order valence-electron chi connectivity index (χ2n) is 5.76. The number of rotatable bonds is 5. The molecule has 0 unspecified atom stereocenters. The molecule has 24 heavy (non-hydrogen) atoms. The smallest absolute Gasteiger partial charge is 0.248 e. The third-order valence-corrected chi connectivity index (χ3v) is 3.65. The van der Waals surface area contributed by atoms with Crippen molar-refractivity contribution in [2.24, 2.45) is 0 Å². The second-order valence-corrected chi connectivity index (χ2v) is 5.76. The van der Waals surface area contributed by atoms with Gasteiger partial charge in [0.15, 0.2) is 5.82 Å². The zero-order valence-electron chi connectivity index (χ0n) is 13.7. The van der Waals surface area contributed by atoms with Gasteiger partial charge in [-0.25, -0.2) is 4.98 Å². The SMILES string of the molecule is CC(C)c1ccc(Oc2ncnc(Nc3ccccc3)c2N)cc1. The number of para-hydroxylation sites is 1. The van der Waals surface area contributed by atoms with Crippen molar-refractivity contribution in [3.8, 4) is 11.6 Å². The Kier molecular flexibility index (Phi) is 4.61. The van der Waals surface area contributed by atoms with E-state index in [1.165, 1.54) is 11.9 Å². The lowest BCUT2D eigenvalue weighted by Crippen LogP contribution is -2.03. The molecule has 0 radical (unpaired) electrons. The summed E-state index contributed by atoms with van der Waals surface area (Å²) < 4.78 is 5.81. The molecule has 0 bridgehead atoms. The van der Waals surface area contributed by atoms with Gasteiger partial charge in [-0.3, -0.25) is 0 Å². The van der Waals surface area contributed by atoms with Crippen LogP contribution in [-0.2, 0) is 0 Å². The molecule has 2 aromatic carbocycles. The van der Waals surface area contributed by atoms with Crippen LogP contribution in [0.4, 0.5) is 17.2 Å². The summed E-state index contributed by atoms with van der Waals surface area (Å²) in [6.07, 6.45) is 1.43. The number of benzene rings is 2. The van der Waals surface area contributed by atoms with Crippen molar-refractivity contribution >= 4 is 17.2 Å². The second kappa shape index (κ2) is 7.00. The molecule has 0 fully saturated rings. The predicted molar refractivity (Wildman–Crippen MR) is 96.8 cm³/mol. The number of nitrogens with one attached hydrogen (secondary N) is 1. The summed E-state index contributed by atoms with van der Waals surface area (Å²) >= 11 is 0. The van der Waals surface area contributed by atoms with E-state index in [-0.39, 0.29) is 0 Å². The molecule has 3 N–H and O–H groups in total. The number of hydrogen-bond donors (Lipinski definition) is 2. The maximum Gasteiger partial charge on any atom is 0.248 e. The van der Waals surface area contributed by atoms with Crippen LogP contribution in [0.3, 0.4) is 0 Å². The van der Waals surface area contributed by atoms with Gasteiger partial charge in [-0.05, 0) is 35.7 Å². The van der Waals surface area contributed by atoms with Crippen molar-refractivity contribution in [2.75, 3.05) is 11.1 Å². The van der Waals surface area contributed by atoms with Gasteiger partial charge in [-0.1, -0.05) is 44.2 Å². The van der Waals surface area contributed by atoms with Crippen LogP contribution in [0.25, 0.3) is 0 Å². The highest BCUT2D eigenvalue weighted by Crippen LogP contribution is 2.31. The fourth-order valence-corrected chi connectivity index (χ4v) is 2.25. The molecular formula is C19H20N4O. The first-order valence-electron chi connectivity index (χ1n) is 7.84. The Hall–Kier alpha value is -3.08. The molecule has 3 rings (SSSR count). The standard InChI is InChI=1S/C19H20N4O/c1-13(2)14-8-10-16(11-9-14)24-19-17(20)18(21-12-22-19)23-15-6-4-3-5-7-15/h3-13H,20H2,1-2H3,(H,21,22,23). The lowest BCUT2D eigenvalue weighted by atomic mass is 10.0. The first-order chi connectivity index (χ1) is 11.6. The van der Waals surface area contributed by atoms with Gasteiger partial charge in [0, 0.05) is 5.69 Å². The Morgan fingerprint density at radius 3 is 2.33 bits per heavy atom. The van der Waals surface area contributed by atoms with E-state index in [0.717, 1.165) is 5.69 Å². The average Bonchev–Trinajstić information content (AvgIpc) is 2.60. The molecule has 0 atom stereocenters. The van der Waals surface area contributed by atoms with Crippen molar-refractivity contribution in [3.05, 3.63) is 66.5 Å². The van der Waals surface area contributed by atoms with Crippen molar-refractivity contribution in [1.82, 2.24) is 9.97 Å². The lowest BCUT2D eigenvalue weighted by Gasteiger charge is -2.12. The van der Waals surface area contributed by atoms with E-state index in [1.54, 1.807) is 0 Å². The van der Waals surface area contributed by atoms with Crippen LogP contribution >= 0.6 is 0 Å². The van der Waals surface area contributed by atoms with Crippen LogP contribution in [0.15, 0.2) is 60.9 Å². The van der Waals surface area contributed by atoms with Gasteiger partial charge in [0.25, 0.3) is 0 Å². The molecule has 0 aliphatic carbocycles. The van der Waals surface area contributed by atoms with Crippen molar-refractivity contribution in [2.45, 2.75) is 19.8 Å². The quantitative estimate of drug-likeness (QED) is 0.711. The van der Waals surface area contributed by atoms with E-state index in [0.29, 0.717) is 29.1 Å². The van der Waals surface area contributed by atoms with Gasteiger partial charge < -0.3 is 15.8 Å². The van der Waals surface area contributed by atoms with Gasteiger partial charge >= 0.3 is 0 Å². The first kappa shape index (κ1) is 15.8. The van der Waals surface area contributed by atoms with Crippen LogP contribution < -0.4 is 15.8 Å². The van der Waals surface area contributed by atoms with Crippen LogP contribution in [0.1, 0.15) is 25.3 Å². The normalized spacial score (nSPS) is 10.6. The van der Waals surface area contributed by atoms with E-state index in [2.05, 4.69) is 29.1 Å².